The number of nitrogens with one attached hydrogen (secondary N) is 1. The Hall–Kier alpha value is -3.54. The van der Waals surface area contributed by atoms with Crippen LogP contribution in [-0.2, 0) is 6.61 Å². The highest BCUT2D eigenvalue weighted by molar-refractivity contribution is 5.64. The normalized spacial score (nSPS) is 11.0. The van der Waals surface area contributed by atoms with Gasteiger partial charge in [-0.1, -0.05) is 24.3 Å². The number of hydrogen-bond donors (Lipinski definition) is 1. The minimum absolute atomic E-state index is 0.114. The highest BCUT2D eigenvalue weighted by atomic mass is 19.4. The zero-order valence-corrected chi connectivity index (χ0v) is 13.1. The van der Waals surface area contributed by atoms with E-state index >= 15 is 0 Å². The van der Waals surface area contributed by atoms with Crippen molar-refractivity contribution in [1.82, 2.24) is 15.4 Å². The summed E-state index contributed by atoms with van der Waals surface area (Å²) in [6.07, 6.45) is -4.76. The summed E-state index contributed by atoms with van der Waals surface area (Å²) >= 11 is 0. The van der Waals surface area contributed by atoms with E-state index in [0.717, 1.165) is 11.6 Å². The van der Waals surface area contributed by atoms with Crippen molar-refractivity contribution in [3.05, 3.63) is 59.8 Å². The fourth-order valence-electron chi connectivity index (χ4n) is 2.25. The average molecular weight is 360 g/mol. The molecule has 3 rings (SSSR count). The van der Waals surface area contributed by atoms with Crippen LogP contribution in [0.25, 0.3) is 11.3 Å². The Kier molecular flexibility index (Phi) is 4.75. The number of hydrogen-bond acceptors (Lipinski definition) is 5. The number of alkyl halides is 3. The van der Waals surface area contributed by atoms with Gasteiger partial charge in [0.25, 0.3) is 0 Å². The third-order valence-corrected chi connectivity index (χ3v) is 3.30. The fourth-order valence-corrected chi connectivity index (χ4v) is 2.25. The molecular formula is C17H11F3N4O2. The third kappa shape index (κ3) is 4.30. The molecule has 1 aromatic heterocycles. The summed E-state index contributed by atoms with van der Waals surface area (Å²) in [6.45, 7) is 0.114. The number of rotatable bonds is 5. The molecular weight excluding hydrogens is 349 g/mol. The molecule has 0 atom stereocenters. The first-order valence-electron chi connectivity index (χ1n) is 7.33. The molecule has 0 amide bonds. The van der Waals surface area contributed by atoms with Gasteiger partial charge in [-0.05, 0) is 23.8 Å². The first kappa shape index (κ1) is 17.3. The smallest absolute Gasteiger partial charge is 0.489 e. The van der Waals surface area contributed by atoms with Crippen molar-refractivity contribution < 1.29 is 22.6 Å². The van der Waals surface area contributed by atoms with Crippen molar-refractivity contribution in [3.63, 3.8) is 0 Å². The van der Waals surface area contributed by atoms with Gasteiger partial charge in [-0.2, -0.15) is 15.6 Å². The lowest BCUT2D eigenvalue weighted by molar-refractivity contribution is -0.274. The van der Waals surface area contributed by atoms with E-state index in [1.807, 2.05) is 6.07 Å². The minimum Gasteiger partial charge on any atom is -0.489 e. The zero-order valence-electron chi connectivity index (χ0n) is 13.1. The maximum atomic E-state index is 12.3. The molecule has 0 fully saturated rings. The molecule has 0 aliphatic carbocycles. The molecule has 0 saturated heterocycles. The van der Waals surface area contributed by atoms with Crippen LogP contribution < -0.4 is 9.47 Å². The van der Waals surface area contributed by atoms with Crippen LogP contribution in [0.1, 0.15) is 11.3 Å². The second kappa shape index (κ2) is 7.14. The largest absolute Gasteiger partial charge is 0.573 e. The number of benzene rings is 2. The van der Waals surface area contributed by atoms with Crippen LogP contribution in [0, 0.1) is 11.3 Å². The van der Waals surface area contributed by atoms with Gasteiger partial charge in [0.15, 0.2) is 5.69 Å². The van der Waals surface area contributed by atoms with Crippen LogP contribution >= 0.6 is 0 Å². The quantitative estimate of drug-likeness (QED) is 0.748. The number of aromatic amines is 1. The maximum Gasteiger partial charge on any atom is 0.573 e. The summed E-state index contributed by atoms with van der Waals surface area (Å²) in [4.78, 5) is 0. The van der Waals surface area contributed by atoms with Crippen molar-refractivity contribution >= 4 is 0 Å². The summed E-state index contributed by atoms with van der Waals surface area (Å²) in [5.74, 6) is -0.124. The van der Waals surface area contributed by atoms with Gasteiger partial charge in [-0.25, -0.2) is 0 Å². The summed E-state index contributed by atoms with van der Waals surface area (Å²) in [7, 11) is 0. The van der Waals surface area contributed by atoms with Gasteiger partial charge in [-0.3, -0.25) is 0 Å². The maximum absolute atomic E-state index is 12.3. The predicted molar refractivity (Wildman–Crippen MR) is 84.0 cm³/mol. The Morgan fingerprint density at radius 1 is 1.04 bits per heavy atom. The number of aromatic nitrogens is 3. The van der Waals surface area contributed by atoms with Crippen LogP contribution in [0.3, 0.4) is 0 Å². The van der Waals surface area contributed by atoms with E-state index in [1.165, 1.54) is 18.2 Å². The highest BCUT2D eigenvalue weighted by Crippen LogP contribution is 2.27. The highest BCUT2D eigenvalue weighted by Gasteiger charge is 2.31. The molecule has 0 unspecified atom stereocenters. The van der Waals surface area contributed by atoms with Crippen molar-refractivity contribution in [2.24, 2.45) is 0 Å². The molecule has 0 aliphatic rings. The Bertz CT molecular complexity index is 947. The van der Waals surface area contributed by atoms with Crippen molar-refractivity contribution in [2.75, 3.05) is 0 Å². The van der Waals surface area contributed by atoms with E-state index in [1.54, 1.807) is 24.3 Å². The van der Waals surface area contributed by atoms with Gasteiger partial charge in [0.1, 0.15) is 29.9 Å². The Labute approximate surface area is 145 Å². The van der Waals surface area contributed by atoms with E-state index in [2.05, 4.69) is 20.1 Å². The van der Waals surface area contributed by atoms with E-state index in [-0.39, 0.29) is 23.8 Å². The van der Waals surface area contributed by atoms with Crippen LogP contribution in [-0.4, -0.2) is 21.8 Å². The van der Waals surface area contributed by atoms with Crippen LogP contribution in [0.15, 0.2) is 48.5 Å². The average Bonchev–Trinajstić information content (AvgIpc) is 3.08. The predicted octanol–water partition coefficient (Wildman–Crippen LogP) is 3.82. The van der Waals surface area contributed by atoms with Crippen molar-refractivity contribution in [1.29, 1.82) is 5.26 Å². The lowest BCUT2D eigenvalue weighted by Gasteiger charge is -2.11. The lowest BCUT2D eigenvalue weighted by atomic mass is 10.1. The molecule has 0 saturated carbocycles. The molecule has 6 nitrogen and oxygen atoms in total. The summed E-state index contributed by atoms with van der Waals surface area (Å²) in [5, 5.41) is 19.1. The van der Waals surface area contributed by atoms with Crippen LogP contribution in [0.5, 0.6) is 11.5 Å². The molecule has 0 aliphatic heterocycles. The van der Waals surface area contributed by atoms with Gasteiger partial charge in [0, 0.05) is 11.6 Å². The van der Waals surface area contributed by atoms with Gasteiger partial charge in [-0.15, -0.1) is 18.3 Å². The number of halogens is 3. The molecule has 2 aromatic carbocycles. The SMILES string of the molecule is N#Cc1n[nH]nc1-c1cccc(COc2cccc(OC(F)(F)F)c2)c1. The van der Waals surface area contributed by atoms with E-state index in [4.69, 9.17) is 10.00 Å². The van der Waals surface area contributed by atoms with E-state index in [0.29, 0.717) is 11.3 Å². The second-order valence-electron chi connectivity index (χ2n) is 5.14. The summed E-state index contributed by atoms with van der Waals surface area (Å²) in [5.41, 5.74) is 2.00. The standard InChI is InChI=1S/C17H11F3N4O2/c18-17(19,20)26-14-6-2-5-13(8-14)25-10-11-3-1-4-12(7-11)16-15(9-21)22-24-23-16/h1-8H,10H2,(H,22,23,24). The molecule has 132 valence electrons. The Balaban J connectivity index is 1.72. The van der Waals surface area contributed by atoms with Gasteiger partial charge >= 0.3 is 6.36 Å². The summed E-state index contributed by atoms with van der Waals surface area (Å²) in [6, 6.07) is 14.3. The van der Waals surface area contributed by atoms with Crippen molar-refractivity contribution in [2.45, 2.75) is 13.0 Å². The molecule has 0 bridgehead atoms. The molecule has 1 heterocycles. The van der Waals surface area contributed by atoms with Gasteiger partial charge in [0.05, 0.1) is 0 Å². The zero-order chi connectivity index (χ0) is 18.6. The van der Waals surface area contributed by atoms with E-state index < -0.39 is 6.36 Å². The minimum atomic E-state index is -4.76. The molecule has 0 spiro atoms. The molecule has 1 N–H and O–H groups in total. The van der Waals surface area contributed by atoms with Crippen LogP contribution in [0.4, 0.5) is 13.2 Å². The number of H-pyrrole nitrogens is 1. The Morgan fingerprint density at radius 2 is 1.81 bits per heavy atom. The fraction of sp³-hybridized carbons (Fsp3) is 0.118. The number of nitriles is 1. The molecule has 26 heavy (non-hydrogen) atoms. The third-order valence-electron chi connectivity index (χ3n) is 3.30. The van der Waals surface area contributed by atoms with Crippen molar-refractivity contribution in [3.8, 4) is 28.8 Å². The van der Waals surface area contributed by atoms with Gasteiger partial charge < -0.3 is 9.47 Å². The lowest BCUT2D eigenvalue weighted by Crippen LogP contribution is -2.17. The number of ether oxygens (including phenoxy) is 2. The molecule has 3 aromatic rings. The first-order chi connectivity index (χ1) is 12.4. The molecule has 9 heteroatoms. The summed E-state index contributed by atoms with van der Waals surface area (Å²) < 4.78 is 46.2. The van der Waals surface area contributed by atoms with E-state index in [9.17, 15) is 13.2 Å². The molecule has 0 radical (unpaired) electrons. The Morgan fingerprint density at radius 3 is 2.58 bits per heavy atom. The topological polar surface area (TPSA) is 83.8 Å². The van der Waals surface area contributed by atoms with Gasteiger partial charge in [0.2, 0.25) is 0 Å². The second-order valence-corrected chi connectivity index (χ2v) is 5.14. The number of nitrogens with zero attached hydrogens (tertiary/aromatic N) is 3. The first-order valence-corrected chi connectivity index (χ1v) is 7.33. The monoisotopic (exact) mass is 360 g/mol. The van der Waals surface area contributed by atoms with Crippen LogP contribution in [0.2, 0.25) is 0 Å².